The fraction of sp³-hybridized carbons (Fsp3) is 0.273. The number of aromatic nitrogens is 1. The second-order valence-electron chi connectivity index (χ2n) is 3.59. The maximum atomic E-state index is 11.1. The third kappa shape index (κ3) is 1.86. The summed E-state index contributed by atoms with van der Waals surface area (Å²) in [6, 6.07) is 3.59. The first kappa shape index (κ1) is 10.9. The highest BCUT2D eigenvalue weighted by atomic mass is 32.1. The highest BCUT2D eigenvalue weighted by molar-refractivity contribution is 7.20. The predicted octanol–water partition coefficient (Wildman–Crippen LogP) is 2.78. The van der Waals surface area contributed by atoms with E-state index in [2.05, 4.69) is 4.98 Å². The van der Waals surface area contributed by atoms with Gasteiger partial charge in [0.25, 0.3) is 0 Å². The van der Waals surface area contributed by atoms with E-state index in [0.29, 0.717) is 10.6 Å². The zero-order valence-corrected chi connectivity index (χ0v) is 9.75. The molecule has 0 spiro atoms. The molecule has 0 fully saturated rings. The molecule has 0 saturated carbocycles. The van der Waals surface area contributed by atoms with Crippen LogP contribution in [0.3, 0.4) is 0 Å². The average Bonchev–Trinajstić information content (AvgIpc) is 2.57. The van der Waals surface area contributed by atoms with Gasteiger partial charge >= 0.3 is 5.97 Å². The molecule has 2 rings (SSSR count). The normalized spacial score (nSPS) is 10.9. The molecule has 5 heteroatoms. The van der Waals surface area contributed by atoms with Gasteiger partial charge in [-0.2, -0.15) is 0 Å². The number of hydrogen-bond acceptors (Lipinski definition) is 4. The molecule has 0 aliphatic rings. The molecule has 2 heterocycles. The first-order chi connectivity index (χ1) is 7.59. The van der Waals surface area contributed by atoms with Gasteiger partial charge in [-0.05, 0) is 26.0 Å². The van der Waals surface area contributed by atoms with Crippen LogP contribution in [0.4, 0.5) is 0 Å². The van der Waals surface area contributed by atoms with Crippen molar-refractivity contribution in [2.45, 2.75) is 20.0 Å². The van der Waals surface area contributed by atoms with Crippen molar-refractivity contribution in [3.05, 3.63) is 23.2 Å². The number of ether oxygens (including phenoxy) is 1. The molecule has 0 bridgehead atoms. The van der Waals surface area contributed by atoms with Crippen molar-refractivity contribution >= 4 is 27.5 Å². The lowest BCUT2D eigenvalue weighted by molar-refractivity contribution is 0.0697. The van der Waals surface area contributed by atoms with Gasteiger partial charge in [-0.1, -0.05) is 0 Å². The predicted molar refractivity (Wildman–Crippen MR) is 62.3 cm³/mol. The van der Waals surface area contributed by atoms with Gasteiger partial charge in [-0.15, -0.1) is 11.3 Å². The SMILES string of the molecule is CC(C)Oc1c(C(=O)O)sc2ncccc12. The van der Waals surface area contributed by atoms with E-state index in [1.807, 2.05) is 19.9 Å². The molecule has 0 unspecified atom stereocenters. The van der Waals surface area contributed by atoms with Crippen molar-refractivity contribution in [3.8, 4) is 5.75 Å². The smallest absolute Gasteiger partial charge is 0.349 e. The molecule has 1 N–H and O–H groups in total. The number of carboxylic acids is 1. The molecule has 0 radical (unpaired) electrons. The van der Waals surface area contributed by atoms with Crippen molar-refractivity contribution in [2.75, 3.05) is 0 Å². The Balaban J connectivity index is 2.64. The second-order valence-corrected chi connectivity index (χ2v) is 4.59. The molecule has 0 aliphatic heterocycles. The highest BCUT2D eigenvalue weighted by Gasteiger charge is 2.20. The molecular weight excluding hydrogens is 226 g/mol. The van der Waals surface area contributed by atoms with Crippen LogP contribution in [-0.2, 0) is 0 Å². The Labute approximate surface area is 96.5 Å². The van der Waals surface area contributed by atoms with Crippen LogP contribution in [0.15, 0.2) is 18.3 Å². The van der Waals surface area contributed by atoms with E-state index in [0.717, 1.165) is 16.7 Å². The Morgan fingerprint density at radius 2 is 2.31 bits per heavy atom. The fourth-order valence-corrected chi connectivity index (χ4v) is 2.32. The zero-order chi connectivity index (χ0) is 11.7. The lowest BCUT2D eigenvalue weighted by atomic mass is 10.3. The molecule has 16 heavy (non-hydrogen) atoms. The summed E-state index contributed by atoms with van der Waals surface area (Å²) in [5, 5.41) is 9.84. The molecule has 84 valence electrons. The van der Waals surface area contributed by atoms with Crippen LogP contribution < -0.4 is 4.74 Å². The first-order valence-corrected chi connectivity index (χ1v) is 5.68. The molecule has 0 atom stereocenters. The Bertz CT molecular complexity index is 533. The van der Waals surface area contributed by atoms with Gasteiger partial charge in [0.1, 0.15) is 4.83 Å². The van der Waals surface area contributed by atoms with Crippen LogP contribution >= 0.6 is 11.3 Å². The van der Waals surface area contributed by atoms with Gasteiger partial charge in [-0.25, -0.2) is 9.78 Å². The Hall–Kier alpha value is -1.62. The number of rotatable bonds is 3. The minimum absolute atomic E-state index is 0.0592. The van der Waals surface area contributed by atoms with E-state index in [1.54, 1.807) is 12.3 Å². The molecule has 0 saturated heterocycles. The first-order valence-electron chi connectivity index (χ1n) is 4.87. The van der Waals surface area contributed by atoms with Gasteiger partial charge in [-0.3, -0.25) is 0 Å². The van der Waals surface area contributed by atoms with Gasteiger partial charge in [0, 0.05) is 6.20 Å². The van der Waals surface area contributed by atoms with Crippen molar-refractivity contribution in [3.63, 3.8) is 0 Å². The molecule has 0 aliphatic carbocycles. The van der Waals surface area contributed by atoms with E-state index in [9.17, 15) is 4.79 Å². The van der Waals surface area contributed by atoms with E-state index >= 15 is 0 Å². The second kappa shape index (κ2) is 4.09. The van der Waals surface area contributed by atoms with Gasteiger partial charge < -0.3 is 9.84 Å². The van der Waals surface area contributed by atoms with E-state index in [1.165, 1.54) is 0 Å². The molecule has 2 aromatic heterocycles. The summed E-state index contributed by atoms with van der Waals surface area (Å²) in [6.07, 6.45) is 1.58. The topological polar surface area (TPSA) is 59.4 Å². The quantitative estimate of drug-likeness (QED) is 0.891. The van der Waals surface area contributed by atoms with Crippen LogP contribution in [0, 0.1) is 0 Å². The van der Waals surface area contributed by atoms with Crippen LogP contribution in [-0.4, -0.2) is 22.2 Å². The molecule has 0 amide bonds. The summed E-state index contributed by atoms with van der Waals surface area (Å²) < 4.78 is 5.55. The standard InChI is InChI=1S/C11H11NO3S/c1-6(2)15-8-7-4-3-5-12-10(7)16-9(8)11(13)14/h3-6H,1-2H3,(H,13,14). The van der Waals surface area contributed by atoms with E-state index in [4.69, 9.17) is 9.84 Å². The minimum atomic E-state index is -0.973. The number of fused-ring (bicyclic) bond motifs is 1. The third-order valence-corrected chi connectivity index (χ3v) is 3.05. The van der Waals surface area contributed by atoms with Crippen LogP contribution in [0.25, 0.3) is 10.2 Å². The van der Waals surface area contributed by atoms with Gasteiger partial charge in [0.05, 0.1) is 11.5 Å². The minimum Gasteiger partial charge on any atom is -0.488 e. The summed E-state index contributed by atoms with van der Waals surface area (Å²) in [6.45, 7) is 3.73. The molecule has 0 aromatic carbocycles. The van der Waals surface area contributed by atoms with Gasteiger partial charge in [0.15, 0.2) is 10.6 Å². The molecule has 2 aromatic rings. The van der Waals surface area contributed by atoms with Crippen LogP contribution in [0.1, 0.15) is 23.5 Å². The summed E-state index contributed by atoms with van der Waals surface area (Å²) in [5.41, 5.74) is 0. The van der Waals surface area contributed by atoms with E-state index < -0.39 is 5.97 Å². The summed E-state index contributed by atoms with van der Waals surface area (Å²) in [5.74, 6) is -0.547. The number of carboxylic acid groups (broad SMARTS) is 1. The number of carbonyl (C=O) groups is 1. The van der Waals surface area contributed by atoms with Crippen molar-refractivity contribution < 1.29 is 14.6 Å². The van der Waals surface area contributed by atoms with Crippen molar-refractivity contribution in [1.29, 1.82) is 0 Å². The maximum absolute atomic E-state index is 11.1. The lowest BCUT2D eigenvalue weighted by Crippen LogP contribution is -2.08. The highest BCUT2D eigenvalue weighted by Crippen LogP contribution is 2.36. The Morgan fingerprint density at radius 3 is 2.94 bits per heavy atom. The van der Waals surface area contributed by atoms with Crippen molar-refractivity contribution in [2.24, 2.45) is 0 Å². The number of pyridine rings is 1. The summed E-state index contributed by atoms with van der Waals surface area (Å²) >= 11 is 1.14. The number of nitrogens with zero attached hydrogens (tertiary/aromatic N) is 1. The Morgan fingerprint density at radius 1 is 1.56 bits per heavy atom. The van der Waals surface area contributed by atoms with Crippen LogP contribution in [0.2, 0.25) is 0 Å². The maximum Gasteiger partial charge on any atom is 0.349 e. The number of aromatic carboxylic acids is 1. The summed E-state index contributed by atoms with van der Waals surface area (Å²) in [7, 11) is 0. The lowest BCUT2D eigenvalue weighted by Gasteiger charge is -2.09. The van der Waals surface area contributed by atoms with Crippen LogP contribution in [0.5, 0.6) is 5.75 Å². The van der Waals surface area contributed by atoms with Crippen molar-refractivity contribution in [1.82, 2.24) is 4.98 Å². The zero-order valence-electron chi connectivity index (χ0n) is 8.93. The number of thiophene rings is 1. The largest absolute Gasteiger partial charge is 0.488 e. The molecule has 4 nitrogen and oxygen atoms in total. The number of hydrogen-bond donors (Lipinski definition) is 1. The third-order valence-electron chi connectivity index (χ3n) is 1.97. The van der Waals surface area contributed by atoms with E-state index in [-0.39, 0.29) is 11.0 Å². The average molecular weight is 237 g/mol. The monoisotopic (exact) mass is 237 g/mol. The fourth-order valence-electron chi connectivity index (χ4n) is 1.40. The molecular formula is C11H11NO3S. The summed E-state index contributed by atoms with van der Waals surface area (Å²) in [4.78, 5) is 16.1. The van der Waals surface area contributed by atoms with Gasteiger partial charge in [0.2, 0.25) is 0 Å². The Kier molecular flexibility index (Phi) is 2.78.